The summed E-state index contributed by atoms with van der Waals surface area (Å²) in [5.74, 6) is 0.773. The lowest BCUT2D eigenvalue weighted by atomic mass is 10.2. The van der Waals surface area contributed by atoms with E-state index in [0.29, 0.717) is 30.3 Å². The average Bonchev–Trinajstić information content (AvgIpc) is 3.21. The van der Waals surface area contributed by atoms with Gasteiger partial charge in [-0.05, 0) is 44.0 Å². The molecule has 2 aromatic heterocycles. The van der Waals surface area contributed by atoms with Crippen molar-refractivity contribution in [2.24, 2.45) is 7.05 Å². The molecule has 0 saturated carbocycles. The van der Waals surface area contributed by atoms with Gasteiger partial charge in [-0.1, -0.05) is 13.3 Å². The molecule has 0 unspecified atom stereocenters. The van der Waals surface area contributed by atoms with Crippen molar-refractivity contribution in [3.05, 3.63) is 45.1 Å². The molecule has 0 radical (unpaired) electrons. The van der Waals surface area contributed by atoms with Gasteiger partial charge in [-0.3, -0.25) is 14.2 Å². The van der Waals surface area contributed by atoms with E-state index in [1.807, 2.05) is 47.6 Å². The Kier molecular flexibility index (Phi) is 6.52. The molecule has 1 aromatic carbocycles. The maximum atomic E-state index is 13.3. The molecule has 3 heterocycles. The number of anilines is 2. The van der Waals surface area contributed by atoms with E-state index in [1.165, 1.54) is 4.57 Å². The summed E-state index contributed by atoms with van der Waals surface area (Å²) in [6.45, 7) is 5.67. The Morgan fingerprint density at radius 1 is 1.12 bits per heavy atom. The van der Waals surface area contributed by atoms with Crippen LogP contribution in [-0.4, -0.2) is 44.4 Å². The largest absolute Gasteiger partial charge is 0.494 e. The zero-order chi connectivity index (χ0) is 23.5. The second kappa shape index (κ2) is 9.51. The van der Waals surface area contributed by atoms with Crippen LogP contribution < -0.4 is 20.9 Å². The van der Waals surface area contributed by atoms with Gasteiger partial charge < -0.3 is 18.9 Å². The molecule has 4 rings (SSSR count). The van der Waals surface area contributed by atoms with Crippen molar-refractivity contribution in [1.29, 1.82) is 0 Å². The van der Waals surface area contributed by atoms with Gasteiger partial charge in [-0.2, -0.15) is 4.98 Å². The van der Waals surface area contributed by atoms with Gasteiger partial charge in [0.2, 0.25) is 5.95 Å². The smallest absolute Gasteiger partial charge is 0.333 e. The lowest BCUT2D eigenvalue weighted by molar-refractivity contribution is -0.144. The summed E-state index contributed by atoms with van der Waals surface area (Å²) in [6.07, 6.45) is 2.41. The summed E-state index contributed by atoms with van der Waals surface area (Å²) < 4.78 is 14.8. The predicted octanol–water partition coefficient (Wildman–Crippen LogP) is 2.18. The van der Waals surface area contributed by atoms with Crippen molar-refractivity contribution >= 4 is 28.8 Å². The molecule has 0 saturated heterocycles. The number of unbranched alkanes of at least 4 members (excludes halogenated alkanes) is 1. The number of benzene rings is 1. The average molecular weight is 456 g/mol. The van der Waals surface area contributed by atoms with E-state index in [1.54, 1.807) is 7.05 Å². The summed E-state index contributed by atoms with van der Waals surface area (Å²) >= 11 is 0. The summed E-state index contributed by atoms with van der Waals surface area (Å²) in [7, 11) is 1.56. The van der Waals surface area contributed by atoms with Gasteiger partial charge in [0, 0.05) is 25.8 Å². The maximum absolute atomic E-state index is 13.3. The van der Waals surface area contributed by atoms with Crippen LogP contribution in [0.25, 0.3) is 11.2 Å². The minimum absolute atomic E-state index is 0.270. The number of esters is 1. The maximum Gasteiger partial charge on any atom is 0.333 e. The normalized spacial score (nSPS) is 13.2. The molecule has 3 aromatic rings. The lowest BCUT2D eigenvalue weighted by Crippen LogP contribution is -2.42. The summed E-state index contributed by atoms with van der Waals surface area (Å²) in [4.78, 5) is 45.1. The van der Waals surface area contributed by atoms with Crippen LogP contribution in [0, 0.1) is 0 Å². The summed E-state index contributed by atoms with van der Waals surface area (Å²) in [5, 5.41) is 0. The topological polar surface area (TPSA) is 101 Å². The van der Waals surface area contributed by atoms with Crippen LogP contribution in [0.3, 0.4) is 0 Å². The highest BCUT2D eigenvalue weighted by Crippen LogP contribution is 2.31. The Labute approximate surface area is 191 Å². The first-order chi connectivity index (χ1) is 16.0. The molecule has 1 aliphatic rings. The molecular weight excluding hydrogens is 426 g/mol. The van der Waals surface area contributed by atoms with Gasteiger partial charge in [0.05, 0.1) is 13.2 Å². The Bertz CT molecular complexity index is 1270. The first-order valence-corrected chi connectivity index (χ1v) is 11.3. The number of carbonyl (C=O) groups excluding carboxylic acids is 1. The number of ether oxygens (including phenoxy) is 2. The van der Waals surface area contributed by atoms with Crippen molar-refractivity contribution in [3.8, 4) is 5.75 Å². The second-order valence-electron chi connectivity index (χ2n) is 7.97. The zero-order valence-corrected chi connectivity index (χ0v) is 19.2. The molecular formula is C23H29N5O5. The highest BCUT2D eigenvalue weighted by molar-refractivity contribution is 5.77. The number of fused-ring (bicyclic) bond motifs is 3. The molecule has 33 heavy (non-hydrogen) atoms. The molecule has 0 amide bonds. The van der Waals surface area contributed by atoms with E-state index in [2.05, 4.69) is 4.98 Å². The SMILES string of the molecule is CCCCOC(=O)Cn1c(=O)c2c(nc3n2CCCN3c2ccc(OCC)cc2)n(C)c1=O. The number of aryl methyl sites for hydroxylation is 2. The fourth-order valence-corrected chi connectivity index (χ4v) is 4.04. The predicted molar refractivity (Wildman–Crippen MR) is 124 cm³/mol. The highest BCUT2D eigenvalue weighted by atomic mass is 16.5. The summed E-state index contributed by atoms with van der Waals surface area (Å²) in [6, 6.07) is 7.69. The Morgan fingerprint density at radius 3 is 2.58 bits per heavy atom. The fourth-order valence-electron chi connectivity index (χ4n) is 4.04. The van der Waals surface area contributed by atoms with Crippen molar-refractivity contribution in [3.63, 3.8) is 0 Å². The van der Waals surface area contributed by atoms with Crippen LogP contribution in [0.1, 0.15) is 33.1 Å². The van der Waals surface area contributed by atoms with Gasteiger partial charge >= 0.3 is 11.7 Å². The minimum Gasteiger partial charge on any atom is -0.494 e. The van der Waals surface area contributed by atoms with Crippen LogP contribution in [-0.2, 0) is 29.7 Å². The van der Waals surface area contributed by atoms with E-state index in [-0.39, 0.29) is 6.61 Å². The molecule has 10 heteroatoms. The molecule has 0 bridgehead atoms. The first-order valence-electron chi connectivity index (χ1n) is 11.3. The van der Waals surface area contributed by atoms with Crippen molar-refractivity contribution in [2.45, 2.75) is 46.2 Å². The Morgan fingerprint density at radius 2 is 1.88 bits per heavy atom. The van der Waals surface area contributed by atoms with E-state index >= 15 is 0 Å². The number of hydrogen-bond donors (Lipinski definition) is 0. The van der Waals surface area contributed by atoms with Crippen molar-refractivity contribution < 1.29 is 14.3 Å². The second-order valence-corrected chi connectivity index (χ2v) is 7.97. The highest BCUT2D eigenvalue weighted by Gasteiger charge is 2.27. The van der Waals surface area contributed by atoms with E-state index in [9.17, 15) is 14.4 Å². The first kappa shape index (κ1) is 22.6. The Hall–Kier alpha value is -3.56. The third-order valence-electron chi connectivity index (χ3n) is 5.72. The molecule has 0 fully saturated rings. The quantitative estimate of drug-likeness (QED) is 0.379. The zero-order valence-electron chi connectivity index (χ0n) is 19.2. The molecule has 0 N–H and O–H groups in total. The van der Waals surface area contributed by atoms with E-state index in [4.69, 9.17) is 9.47 Å². The minimum atomic E-state index is -0.601. The fraction of sp³-hybridized carbons (Fsp3) is 0.478. The Balaban J connectivity index is 1.75. The van der Waals surface area contributed by atoms with Crippen LogP contribution in [0.15, 0.2) is 33.9 Å². The van der Waals surface area contributed by atoms with Gasteiger partial charge in [0.15, 0.2) is 11.2 Å². The van der Waals surface area contributed by atoms with Crippen LogP contribution >= 0.6 is 0 Å². The number of carbonyl (C=O) groups is 1. The number of aromatic nitrogens is 4. The monoisotopic (exact) mass is 455 g/mol. The van der Waals surface area contributed by atoms with Crippen LogP contribution in [0.2, 0.25) is 0 Å². The van der Waals surface area contributed by atoms with Gasteiger partial charge in [-0.15, -0.1) is 0 Å². The molecule has 176 valence electrons. The van der Waals surface area contributed by atoms with E-state index in [0.717, 1.165) is 41.8 Å². The third kappa shape index (κ3) is 4.24. The van der Waals surface area contributed by atoms with Crippen LogP contribution in [0.4, 0.5) is 11.6 Å². The third-order valence-corrected chi connectivity index (χ3v) is 5.72. The van der Waals surface area contributed by atoms with Crippen molar-refractivity contribution in [2.75, 3.05) is 24.7 Å². The molecule has 10 nitrogen and oxygen atoms in total. The van der Waals surface area contributed by atoms with Gasteiger partial charge in [0.25, 0.3) is 5.56 Å². The molecule has 0 spiro atoms. The van der Waals surface area contributed by atoms with Gasteiger partial charge in [-0.25, -0.2) is 9.36 Å². The molecule has 0 aliphatic carbocycles. The number of imidazole rings is 1. The van der Waals surface area contributed by atoms with E-state index < -0.39 is 23.8 Å². The summed E-state index contributed by atoms with van der Waals surface area (Å²) in [5.41, 5.74) is 0.396. The van der Waals surface area contributed by atoms with Crippen molar-refractivity contribution in [1.82, 2.24) is 18.7 Å². The standard InChI is InChI=1S/C23H29N5O5/c1-4-6-14-33-18(29)15-28-21(30)19-20(25(3)23(28)31)24-22-26(12-7-13-27(19)22)16-8-10-17(11-9-16)32-5-2/h8-11H,4-7,12-15H2,1-3H3. The molecule has 0 atom stereocenters. The lowest BCUT2D eigenvalue weighted by Gasteiger charge is -2.29. The molecule has 1 aliphatic heterocycles. The number of hydrogen-bond acceptors (Lipinski definition) is 7. The number of rotatable bonds is 8. The van der Waals surface area contributed by atoms with Crippen LogP contribution in [0.5, 0.6) is 5.75 Å². The number of nitrogens with zero attached hydrogens (tertiary/aromatic N) is 5. The van der Waals surface area contributed by atoms with Gasteiger partial charge in [0.1, 0.15) is 12.3 Å².